The standard InChI is InChI=1S/C18H15P.C13H8N2/c1-4-10-16(11-5-1)19(17-12-6-2-7-13-17)18-14-8-3-9-15-18;14-15-13-11-7-3-1-5-9(11)10-6-2-4-8-12(10)13/h1-15H;1-8H. The smallest absolute Gasteiger partial charge is 0.330 e. The number of hydrogen-bond acceptors (Lipinski definition) is 0. The zero-order chi connectivity index (χ0) is 23.2. The lowest BCUT2D eigenvalue weighted by atomic mass is 10.1. The summed E-state index contributed by atoms with van der Waals surface area (Å²) in [5.74, 6) is 0. The predicted octanol–water partition coefficient (Wildman–Crippen LogP) is 6.18. The maximum Gasteiger partial charge on any atom is 0.330 e. The van der Waals surface area contributed by atoms with Gasteiger partial charge in [-0.25, -0.2) is 0 Å². The molecule has 0 saturated carbocycles. The molecule has 2 nitrogen and oxygen atoms in total. The second-order valence-electron chi connectivity index (χ2n) is 7.88. The van der Waals surface area contributed by atoms with Crippen molar-refractivity contribution in [3.63, 3.8) is 0 Å². The fraction of sp³-hybridized carbons (Fsp3) is 0. The zero-order valence-electron chi connectivity index (χ0n) is 18.6. The SMILES string of the molecule is [N-]=[N+]=C1c2ccccc2-c2ccccc21.c1ccc(P(c2ccccc2)c2ccccc2)cc1. The number of fused-ring (bicyclic) bond motifs is 3. The maximum atomic E-state index is 9.05. The van der Waals surface area contributed by atoms with Crippen LogP contribution in [0.3, 0.4) is 0 Å². The Labute approximate surface area is 201 Å². The van der Waals surface area contributed by atoms with Gasteiger partial charge in [-0.05, 0) is 47.1 Å². The van der Waals surface area contributed by atoms with Crippen molar-refractivity contribution in [3.8, 4) is 11.1 Å². The van der Waals surface area contributed by atoms with E-state index in [1.165, 1.54) is 15.9 Å². The summed E-state index contributed by atoms with van der Waals surface area (Å²) in [6, 6.07) is 48.3. The molecule has 0 N–H and O–H groups in total. The normalized spacial score (nSPS) is 11.1. The number of hydrogen-bond donors (Lipinski definition) is 0. The van der Waals surface area contributed by atoms with Crippen LogP contribution < -0.4 is 15.9 Å². The molecular weight excluding hydrogens is 431 g/mol. The summed E-state index contributed by atoms with van der Waals surface area (Å²) in [7, 11) is -0.446. The van der Waals surface area contributed by atoms with Gasteiger partial charge in [-0.3, -0.25) is 0 Å². The molecule has 0 amide bonds. The molecule has 0 unspecified atom stereocenters. The molecule has 162 valence electrons. The lowest BCUT2D eigenvalue weighted by Gasteiger charge is -2.18. The molecule has 34 heavy (non-hydrogen) atoms. The molecule has 0 spiro atoms. The van der Waals surface area contributed by atoms with Gasteiger partial charge < -0.3 is 5.53 Å². The summed E-state index contributed by atoms with van der Waals surface area (Å²) in [5, 5.41) is 4.19. The number of benzene rings is 5. The third-order valence-electron chi connectivity index (χ3n) is 5.80. The maximum absolute atomic E-state index is 9.05. The summed E-state index contributed by atoms with van der Waals surface area (Å²) in [5.41, 5.74) is 14.0. The Morgan fingerprint density at radius 1 is 0.382 bits per heavy atom. The first-order valence-electron chi connectivity index (χ1n) is 11.2. The van der Waals surface area contributed by atoms with Crippen LogP contribution in [0.15, 0.2) is 140 Å². The highest BCUT2D eigenvalue weighted by Crippen LogP contribution is 2.35. The molecule has 1 aliphatic rings. The Bertz CT molecular complexity index is 1300. The molecule has 5 aromatic rings. The molecule has 0 radical (unpaired) electrons. The number of nitrogens with zero attached hydrogens (tertiary/aromatic N) is 2. The van der Waals surface area contributed by atoms with Crippen LogP contribution in [0.1, 0.15) is 11.1 Å². The molecule has 0 heterocycles. The summed E-state index contributed by atoms with van der Waals surface area (Å²) in [6.45, 7) is 0. The van der Waals surface area contributed by atoms with Crippen molar-refractivity contribution in [2.24, 2.45) is 0 Å². The van der Waals surface area contributed by atoms with Crippen LogP contribution in [0.4, 0.5) is 0 Å². The van der Waals surface area contributed by atoms with Gasteiger partial charge in [-0.2, -0.15) is 4.79 Å². The van der Waals surface area contributed by atoms with E-state index >= 15 is 0 Å². The lowest BCUT2D eigenvalue weighted by molar-refractivity contribution is -0.00243. The van der Waals surface area contributed by atoms with Crippen LogP contribution >= 0.6 is 7.92 Å². The van der Waals surface area contributed by atoms with Crippen LogP contribution in [0.2, 0.25) is 0 Å². The van der Waals surface area contributed by atoms with Crippen LogP contribution in [0.5, 0.6) is 0 Å². The van der Waals surface area contributed by atoms with Crippen molar-refractivity contribution < 1.29 is 4.79 Å². The minimum Gasteiger partial charge on any atom is -0.361 e. The first kappa shape index (κ1) is 21.7. The molecule has 0 aromatic heterocycles. The largest absolute Gasteiger partial charge is 0.361 e. The van der Waals surface area contributed by atoms with Crippen molar-refractivity contribution in [2.45, 2.75) is 0 Å². The van der Waals surface area contributed by atoms with E-state index in [1.54, 1.807) is 0 Å². The minimum atomic E-state index is -0.446. The fourth-order valence-electron chi connectivity index (χ4n) is 4.28. The van der Waals surface area contributed by atoms with Gasteiger partial charge in [-0.1, -0.05) is 127 Å². The van der Waals surface area contributed by atoms with E-state index in [-0.39, 0.29) is 0 Å². The van der Waals surface area contributed by atoms with Gasteiger partial charge in [0.05, 0.1) is 11.1 Å². The van der Waals surface area contributed by atoms with E-state index in [0.29, 0.717) is 5.71 Å². The second-order valence-corrected chi connectivity index (χ2v) is 10.1. The molecule has 0 saturated heterocycles. The Hall–Kier alpha value is -4.09. The summed E-state index contributed by atoms with van der Waals surface area (Å²) in [4.78, 5) is 3.39. The van der Waals surface area contributed by atoms with Crippen LogP contribution in [0.25, 0.3) is 16.7 Å². The van der Waals surface area contributed by atoms with Crippen molar-refractivity contribution in [1.82, 2.24) is 0 Å². The molecular formula is C31H23N2P. The molecule has 5 aromatic carbocycles. The van der Waals surface area contributed by atoms with Gasteiger partial charge >= 0.3 is 5.71 Å². The summed E-state index contributed by atoms with van der Waals surface area (Å²) in [6.07, 6.45) is 0. The van der Waals surface area contributed by atoms with E-state index in [4.69, 9.17) is 5.53 Å². The van der Waals surface area contributed by atoms with Gasteiger partial charge in [0.15, 0.2) is 0 Å². The lowest BCUT2D eigenvalue weighted by Crippen LogP contribution is -2.20. The van der Waals surface area contributed by atoms with Gasteiger partial charge in [0.25, 0.3) is 0 Å². The Morgan fingerprint density at radius 2 is 0.676 bits per heavy atom. The highest BCUT2D eigenvalue weighted by atomic mass is 31.1. The summed E-state index contributed by atoms with van der Waals surface area (Å²) < 4.78 is 0. The first-order valence-corrected chi connectivity index (χ1v) is 12.6. The van der Waals surface area contributed by atoms with Gasteiger partial charge in [-0.15, -0.1) is 0 Å². The van der Waals surface area contributed by atoms with Crippen molar-refractivity contribution in [3.05, 3.63) is 156 Å². The molecule has 0 fully saturated rings. The predicted molar refractivity (Wildman–Crippen MR) is 144 cm³/mol. The van der Waals surface area contributed by atoms with E-state index in [1.807, 2.05) is 48.5 Å². The van der Waals surface area contributed by atoms with E-state index in [9.17, 15) is 0 Å². The van der Waals surface area contributed by atoms with Crippen LogP contribution in [-0.2, 0) is 0 Å². The van der Waals surface area contributed by atoms with Crippen molar-refractivity contribution in [1.29, 1.82) is 0 Å². The topological polar surface area (TPSA) is 36.4 Å². The number of rotatable bonds is 3. The van der Waals surface area contributed by atoms with Crippen LogP contribution in [0, 0.1) is 0 Å². The fourth-order valence-corrected chi connectivity index (χ4v) is 6.59. The average Bonchev–Trinajstić information content (AvgIpc) is 3.25. The van der Waals surface area contributed by atoms with E-state index in [0.717, 1.165) is 22.3 Å². The monoisotopic (exact) mass is 454 g/mol. The quantitative estimate of drug-likeness (QED) is 0.174. The van der Waals surface area contributed by atoms with Crippen LogP contribution in [-0.4, -0.2) is 10.5 Å². The zero-order valence-corrected chi connectivity index (χ0v) is 19.5. The Balaban J connectivity index is 0.000000145. The molecule has 0 bridgehead atoms. The van der Waals surface area contributed by atoms with E-state index in [2.05, 4.69) is 95.8 Å². The van der Waals surface area contributed by atoms with Gasteiger partial charge in [0.1, 0.15) is 0 Å². The molecule has 1 aliphatic carbocycles. The average molecular weight is 455 g/mol. The molecule has 0 atom stereocenters. The van der Waals surface area contributed by atoms with Crippen molar-refractivity contribution in [2.75, 3.05) is 0 Å². The van der Waals surface area contributed by atoms with Gasteiger partial charge in [0.2, 0.25) is 0 Å². The van der Waals surface area contributed by atoms with E-state index < -0.39 is 7.92 Å². The molecule has 6 rings (SSSR count). The Morgan fingerprint density at radius 3 is 1.00 bits per heavy atom. The highest BCUT2D eigenvalue weighted by Gasteiger charge is 2.29. The summed E-state index contributed by atoms with van der Waals surface area (Å²) >= 11 is 0. The Kier molecular flexibility index (Phi) is 6.54. The highest BCUT2D eigenvalue weighted by molar-refractivity contribution is 7.79. The second kappa shape index (κ2) is 10.2. The third-order valence-corrected chi connectivity index (χ3v) is 8.24. The first-order chi connectivity index (χ1) is 16.9. The molecule has 3 heteroatoms. The van der Waals surface area contributed by atoms with Gasteiger partial charge in [0, 0.05) is 0 Å². The minimum absolute atomic E-state index is 0.446. The van der Waals surface area contributed by atoms with Crippen molar-refractivity contribution >= 4 is 29.5 Å². The molecule has 0 aliphatic heterocycles. The third kappa shape index (κ3) is 4.38.